The number of hydrogen-bond acceptors (Lipinski definition) is 4. The minimum atomic E-state index is -0.377. The molecule has 0 spiro atoms. The van der Waals surface area contributed by atoms with Crippen LogP contribution < -0.4 is 4.74 Å². The average Bonchev–Trinajstić information content (AvgIpc) is 2.29. The molecule has 0 unspecified atom stereocenters. The lowest BCUT2D eigenvalue weighted by atomic mass is 10.1. The monoisotopic (exact) mass is 224 g/mol. The van der Waals surface area contributed by atoms with Crippen LogP contribution in [-0.2, 0) is 16.0 Å². The van der Waals surface area contributed by atoms with E-state index in [1.165, 1.54) is 13.2 Å². The maximum atomic E-state index is 11.0. The van der Waals surface area contributed by atoms with Crippen molar-refractivity contribution < 1.29 is 19.4 Å². The molecule has 0 amide bonds. The summed E-state index contributed by atoms with van der Waals surface area (Å²) in [5, 5.41) is 9.65. The minimum absolute atomic E-state index is 0.0546. The molecule has 16 heavy (non-hydrogen) atoms. The maximum absolute atomic E-state index is 11.0. The molecule has 4 nitrogen and oxygen atoms in total. The molecule has 1 aromatic rings. The number of carbonyl (C=O) groups is 1. The number of methoxy groups -OCH3 is 1. The Bertz CT molecular complexity index is 360. The third-order valence-electron chi connectivity index (χ3n) is 2.09. The highest BCUT2D eigenvalue weighted by Gasteiger charge is 2.08. The van der Waals surface area contributed by atoms with Gasteiger partial charge in [-0.1, -0.05) is 13.0 Å². The van der Waals surface area contributed by atoms with Gasteiger partial charge in [0.05, 0.1) is 20.1 Å². The zero-order chi connectivity index (χ0) is 12.0. The predicted molar refractivity (Wildman–Crippen MR) is 59.6 cm³/mol. The van der Waals surface area contributed by atoms with Crippen molar-refractivity contribution in [1.82, 2.24) is 0 Å². The Kier molecular flexibility index (Phi) is 4.64. The molecule has 1 rings (SSSR count). The van der Waals surface area contributed by atoms with Gasteiger partial charge < -0.3 is 14.6 Å². The molecule has 0 aromatic heterocycles. The summed E-state index contributed by atoms with van der Waals surface area (Å²) in [7, 11) is 1.32. The smallest absolute Gasteiger partial charge is 0.310 e. The van der Waals surface area contributed by atoms with Crippen LogP contribution in [0.4, 0.5) is 0 Å². The fourth-order valence-electron chi connectivity index (χ4n) is 1.23. The Labute approximate surface area is 94.8 Å². The summed E-state index contributed by atoms with van der Waals surface area (Å²) < 4.78 is 9.87. The second kappa shape index (κ2) is 6.00. The summed E-state index contributed by atoms with van der Waals surface area (Å²) in [6, 6.07) is 4.90. The van der Waals surface area contributed by atoms with E-state index in [9.17, 15) is 9.90 Å². The lowest BCUT2D eigenvalue weighted by Gasteiger charge is -2.07. The Balaban J connectivity index is 2.71. The van der Waals surface area contributed by atoms with Crippen molar-refractivity contribution in [2.24, 2.45) is 0 Å². The maximum Gasteiger partial charge on any atom is 0.310 e. The number of benzene rings is 1. The molecule has 0 atom stereocenters. The minimum Gasteiger partial charge on any atom is -0.508 e. The summed E-state index contributed by atoms with van der Waals surface area (Å²) in [5.74, 6) is 0.282. The first-order chi connectivity index (χ1) is 7.67. The Morgan fingerprint density at radius 3 is 2.75 bits per heavy atom. The highest BCUT2D eigenvalue weighted by molar-refractivity contribution is 5.73. The van der Waals surface area contributed by atoms with Crippen molar-refractivity contribution in [2.45, 2.75) is 19.8 Å². The van der Waals surface area contributed by atoms with E-state index in [0.717, 1.165) is 6.42 Å². The number of hydrogen-bond donors (Lipinski definition) is 1. The predicted octanol–water partition coefficient (Wildman–Crippen LogP) is 1.90. The highest BCUT2D eigenvalue weighted by atomic mass is 16.5. The highest BCUT2D eigenvalue weighted by Crippen LogP contribution is 2.24. The topological polar surface area (TPSA) is 55.8 Å². The molecule has 0 bridgehead atoms. The average molecular weight is 224 g/mol. The van der Waals surface area contributed by atoms with Crippen LogP contribution in [0.2, 0.25) is 0 Å². The van der Waals surface area contributed by atoms with Crippen molar-refractivity contribution in [1.29, 1.82) is 0 Å². The first kappa shape index (κ1) is 12.4. The van der Waals surface area contributed by atoms with E-state index in [1.807, 2.05) is 6.92 Å². The van der Waals surface area contributed by atoms with Gasteiger partial charge in [-0.3, -0.25) is 4.79 Å². The molecule has 1 N–H and O–H groups in total. The molecule has 0 aliphatic carbocycles. The van der Waals surface area contributed by atoms with Gasteiger partial charge in [0.1, 0.15) is 11.5 Å². The largest absolute Gasteiger partial charge is 0.508 e. The molecule has 0 fully saturated rings. The van der Waals surface area contributed by atoms with E-state index >= 15 is 0 Å². The molecule has 0 saturated carbocycles. The van der Waals surface area contributed by atoms with Gasteiger partial charge in [0.2, 0.25) is 0 Å². The molecular weight excluding hydrogens is 208 g/mol. The molecule has 4 heteroatoms. The van der Waals surface area contributed by atoms with Crippen molar-refractivity contribution in [3.8, 4) is 11.5 Å². The third-order valence-corrected chi connectivity index (χ3v) is 2.09. The fraction of sp³-hybridized carbons (Fsp3) is 0.417. The number of ether oxygens (including phenoxy) is 2. The van der Waals surface area contributed by atoms with Gasteiger partial charge in [-0.25, -0.2) is 0 Å². The zero-order valence-electron chi connectivity index (χ0n) is 9.53. The molecule has 0 aliphatic rings. The Morgan fingerprint density at radius 2 is 2.19 bits per heavy atom. The third kappa shape index (κ3) is 3.46. The Morgan fingerprint density at radius 1 is 1.44 bits per heavy atom. The molecule has 0 aliphatic heterocycles. The summed E-state index contributed by atoms with van der Waals surface area (Å²) in [6.45, 7) is 2.61. The first-order valence-corrected chi connectivity index (χ1v) is 5.19. The van der Waals surface area contributed by atoms with Crippen LogP contribution in [0.1, 0.15) is 18.9 Å². The lowest BCUT2D eigenvalue weighted by molar-refractivity contribution is -0.139. The number of rotatable bonds is 5. The van der Waals surface area contributed by atoms with Gasteiger partial charge in [0.15, 0.2) is 0 Å². The quantitative estimate of drug-likeness (QED) is 0.776. The summed E-state index contributed by atoms with van der Waals surface area (Å²) in [6.07, 6.45) is 0.973. The number of carbonyl (C=O) groups excluding carboxylic acids is 1. The van der Waals surface area contributed by atoms with E-state index in [4.69, 9.17) is 4.74 Å². The van der Waals surface area contributed by atoms with Crippen LogP contribution >= 0.6 is 0 Å². The summed E-state index contributed by atoms with van der Waals surface area (Å²) >= 11 is 0. The van der Waals surface area contributed by atoms with Gasteiger partial charge in [-0.2, -0.15) is 0 Å². The normalized spacial score (nSPS) is 9.88. The number of phenolic OH excluding ortho intramolecular Hbond substituents is 1. The van der Waals surface area contributed by atoms with Crippen LogP contribution in [0.25, 0.3) is 0 Å². The van der Waals surface area contributed by atoms with E-state index < -0.39 is 0 Å². The standard InChI is InChI=1S/C12H16O4/c1-3-6-16-10-5-4-9(11(13)8-10)7-12(14)15-2/h4-5,8,13H,3,6-7H2,1-2H3. The summed E-state index contributed by atoms with van der Waals surface area (Å²) in [4.78, 5) is 11.0. The number of esters is 1. The van der Waals surface area contributed by atoms with Gasteiger partial charge in [-0.15, -0.1) is 0 Å². The second-order valence-corrected chi connectivity index (χ2v) is 3.39. The van der Waals surface area contributed by atoms with Gasteiger partial charge in [0, 0.05) is 11.6 Å². The van der Waals surface area contributed by atoms with Crippen LogP contribution in [0.3, 0.4) is 0 Å². The second-order valence-electron chi connectivity index (χ2n) is 3.39. The van der Waals surface area contributed by atoms with Crippen molar-refractivity contribution in [3.05, 3.63) is 23.8 Å². The molecule has 0 radical (unpaired) electrons. The number of aromatic hydroxyl groups is 1. The van der Waals surface area contributed by atoms with Crippen molar-refractivity contribution in [2.75, 3.05) is 13.7 Å². The molecule has 1 aromatic carbocycles. The van der Waals surface area contributed by atoms with Crippen molar-refractivity contribution >= 4 is 5.97 Å². The van der Waals surface area contributed by atoms with Crippen LogP contribution in [-0.4, -0.2) is 24.8 Å². The Hall–Kier alpha value is -1.71. The molecule has 0 saturated heterocycles. The van der Waals surface area contributed by atoms with E-state index in [-0.39, 0.29) is 18.1 Å². The van der Waals surface area contributed by atoms with Crippen LogP contribution in [0, 0.1) is 0 Å². The fourth-order valence-corrected chi connectivity index (χ4v) is 1.23. The van der Waals surface area contributed by atoms with Gasteiger partial charge in [0.25, 0.3) is 0 Å². The number of phenols is 1. The SMILES string of the molecule is CCCOc1ccc(CC(=O)OC)c(O)c1. The van der Waals surface area contributed by atoms with Crippen LogP contribution in [0.15, 0.2) is 18.2 Å². The first-order valence-electron chi connectivity index (χ1n) is 5.19. The van der Waals surface area contributed by atoms with Gasteiger partial charge in [-0.05, 0) is 12.5 Å². The van der Waals surface area contributed by atoms with Crippen LogP contribution in [0.5, 0.6) is 11.5 Å². The van der Waals surface area contributed by atoms with Gasteiger partial charge >= 0.3 is 5.97 Å². The zero-order valence-corrected chi connectivity index (χ0v) is 9.53. The molecule has 88 valence electrons. The van der Waals surface area contributed by atoms with E-state index in [0.29, 0.717) is 17.9 Å². The van der Waals surface area contributed by atoms with Crippen molar-refractivity contribution in [3.63, 3.8) is 0 Å². The lowest BCUT2D eigenvalue weighted by Crippen LogP contribution is -2.04. The van der Waals surface area contributed by atoms with E-state index in [1.54, 1.807) is 12.1 Å². The van der Waals surface area contributed by atoms with E-state index in [2.05, 4.69) is 4.74 Å². The molecular formula is C12H16O4. The summed E-state index contributed by atoms with van der Waals surface area (Å²) in [5.41, 5.74) is 0.538. The molecule has 0 heterocycles.